The number of pyridine rings is 1. The third-order valence-electron chi connectivity index (χ3n) is 5.75. The summed E-state index contributed by atoms with van der Waals surface area (Å²) in [6.45, 7) is 9.13. The van der Waals surface area contributed by atoms with Crippen LogP contribution < -0.4 is 0 Å². The Morgan fingerprint density at radius 3 is 2.56 bits per heavy atom. The Bertz CT molecular complexity index is 857. The summed E-state index contributed by atoms with van der Waals surface area (Å²) in [4.78, 5) is 11.1. The van der Waals surface area contributed by atoms with E-state index in [0.29, 0.717) is 11.8 Å². The van der Waals surface area contributed by atoms with Gasteiger partial charge in [-0.05, 0) is 48.9 Å². The van der Waals surface area contributed by atoms with Crippen molar-refractivity contribution < 1.29 is 0 Å². The molecule has 0 bridgehead atoms. The van der Waals surface area contributed by atoms with Crippen molar-refractivity contribution in [1.82, 2.24) is 4.98 Å². The van der Waals surface area contributed by atoms with E-state index >= 15 is 0 Å². The van der Waals surface area contributed by atoms with Gasteiger partial charge in [-0.2, -0.15) is 0 Å². The molecule has 4 rings (SSSR count). The topological polar surface area (TPSA) is 25.2 Å². The van der Waals surface area contributed by atoms with Crippen LogP contribution in [-0.4, -0.2) is 11.2 Å². The van der Waals surface area contributed by atoms with Crippen LogP contribution in [0.25, 0.3) is 0 Å². The van der Waals surface area contributed by atoms with E-state index < -0.39 is 0 Å². The number of aromatic nitrogens is 1. The second-order valence-electron chi connectivity index (χ2n) is 7.51. The lowest BCUT2D eigenvalue weighted by Gasteiger charge is -2.47. The predicted octanol–water partition coefficient (Wildman–Crippen LogP) is 5.54. The van der Waals surface area contributed by atoms with E-state index in [1.807, 2.05) is 12.3 Å². The van der Waals surface area contributed by atoms with Crippen molar-refractivity contribution in [2.75, 3.05) is 0 Å². The molecule has 0 radical (unpaired) electrons. The number of nitrogens with zero attached hydrogens (tertiary/aromatic N) is 2. The van der Waals surface area contributed by atoms with Gasteiger partial charge in [0.25, 0.3) is 0 Å². The first-order valence-electron chi connectivity index (χ1n) is 8.92. The fraction of sp³-hybridized carbons (Fsp3) is 0.364. The van der Waals surface area contributed by atoms with Crippen LogP contribution in [0.3, 0.4) is 0 Å². The molecule has 3 heterocycles. The number of hydrogen-bond acceptors (Lipinski definition) is 3. The molecule has 0 saturated heterocycles. The standard InChI is InChI=1S/C22H24N2S/c1-15-10-11-21(3,17-8-5-6-12-23-17)20-19(15)16(2)14-24-22(20,4)18-9-7-13-25-18/h5-16H,1-4H3. The molecule has 25 heavy (non-hydrogen) atoms. The fourth-order valence-electron chi connectivity index (χ4n) is 4.51. The number of hydrogen-bond donors (Lipinski definition) is 0. The monoisotopic (exact) mass is 348 g/mol. The second-order valence-corrected chi connectivity index (χ2v) is 8.46. The van der Waals surface area contributed by atoms with Crippen LogP contribution in [0, 0.1) is 11.8 Å². The van der Waals surface area contributed by atoms with Crippen LogP contribution in [0.5, 0.6) is 0 Å². The Balaban J connectivity index is 2.01. The third-order valence-corrected chi connectivity index (χ3v) is 6.83. The molecule has 2 aromatic rings. The highest BCUT2D eigenvalue weighted by atomic mass is 32.1. The molecule has 0 spiro atoms. The van der Waals surface area contributed by atoms with Gasteiger partial charge in [-0.25, -0.2) is 0 Å². The first-order chi connectivity index (χ1) is 12.0. The van der Waals surface area contributed by atoms with E-state index in [2.05, 4.69) is 75.7 Å². The van der Waals surface area contributed by atoms with Gasteiger partial charge in [-0.1, -0.05) is 43.7 Å². The summed E-state index contributed by atoms with van der Waals surface area (Å²) in [5.74, 6) is 0.777. The molecule has 0 saturated carbocycles. The van der Waals surface area contributed by atoms with Crippen LogP contribution in [-0.2, 0) is 11.0 Å². The molecule has 128 valence electrons. The van der Waals surface area contributed by atoms with E-state index in [4.69, 9.17) is 9.98 Å². The van der Waals surface area contributed by atoms with Crippen molar-refractivity contribution >= 4 is 17.6 Å². The van der Waals surface area contributed by atoms with E-state index in [-0.39, 0.29) is 11.0 Å². The highest BCUT2D eigenvalue weighted by Crippen LogP contribution is 2.54. The van der Waals surface area contributed by atoms with Crippen molar-refractivity contribution in [2.24, 2.45) is 16.8 Å². The molecule has 3 heteroatoms. The van der Waals surface area contributed by atoms with E-state index in [0.717, 1.165) is 5.69 Å². The minimum absolute atomic E-state index is 0.242. The number of dihydropyridines is 1. The summed E-state index contributed by atoms with van der Waals surface area (Å²) in [7, 11) is 0. The smallest absolute Gasteiger partial charge is 0.114 e. The van der Waals surface area contributed by atoms with Crippen molar-refractivity contribution in [3.05, 3.63) is 75.8 Å². The minimum atomic E-state index is -0.332. The fourth-order valence-corrected chi connectivity index (χ4v) is 5.36. The summed E-state index contributed by atoms with van der Waals surface area (Å²) >= 11 is 1.79. The van der Waals surface area contributed by atoms with Crippen LogP contribution in [0.15, 0.2) is 70.2 Å². The lowest BCUT2D eigenvalue weighted by Crippen LogP contribution is -2.42. The van der Waals surface area contributed by atoms with Crippen molar-refractivity contribution in [3.8, 4) is 0 Å². The molecule has 4 unspecified atom stereocenters. The average molecular weight is 349 g/mol. The van der Waals surface area contributed by atoms with Crippen molar-refractivity contribution in [2.45, 2.75) is 38.6 Å². The zero-order chi connectivity index (χ0) is 17.7. The van der Waals surface area contributed by atoms with Crippen LogP contribution >= 0.6 is 11.3 Å². The van der Waals surface area contributed by atoms with Crippen LogP contribution in [0.2, 0.25) is 0 Å². The zero-order valence-corrected chi connectivity index (χ0v) is 16.0. The summed E-state index contributed by atoms with van der Waals surface area (Å²) < 4.78 is 0. The SMILES string of the molecule is CC1C=CC(C)(c2ccccn2)C2=C1C(C)C=NC2(C)c1cccs1. The molecule has 1 aliphatic heterocycles. The normalized spacial score (nSPS) is 34.2. The Morgan fingerprint density at radius 1 is 1.04 bits per heavy atom. The number of thiophene rings is 1. The van der Waals surface area contributed by atoms with Gasteiger partial charge in [0, 0.05) is 23.2 Å². The number of rotatable bonds is 2. The quantitative estimate of drug-likeness (QED) is 0.654. The molecule has 2 aromatic heterocycles. The minimum Gasteiger partial charge on any atom is -0.280 e. The summed E-state index contributed by atoms with van der Waals surface area (Å²) in [5, 5.41) is 2.15. The Kier molecular flexibility index (Phi) is 3.80. The van der Waals surface area contributed by atoms with Crippen molar-refractivity contribution in [3.63, 3.8) is 0 Å². The molecule has 0 amide bonds. The molecule has 2 nitrogen and oxygen atoms in total. The lowest BCUT2D eigenvalue weighted by molar-refractivity contribution is 0.449. The number of aliphatic imine (C=N–C) groups is 1. The molecule has 0 fully saturated rings. The second kappa shape index (κ2) is 5.77. The third kappa shape index (κ3) is 2.36. The van der Waals surface area contributed by atoms with E-state index in [1.165, 1.54) is 16.0 Å². The van der Waals surface area contributed by atoms with Gasteiger partial charge >= 0.3 is 0 Å². The van der Waals surface area contributed by atoms with Crippen LogP contribution in [0.1, 0.15) is 38.3 Å². The molecule has 2 aliphatic rings. The van der Waals surface area contributed by atoms with Gasteiger partial charge in [-0.15, -0.1) is 11.3 Å². The first-order valence-corrected chi connectivity index (χ1v) is 9.80. The van der Waals surface area contributed by atoms with E-state index in [1.54, 1.807) is 11.3 Å². The van der Waals surface area contributed by atoms with Gasteiger partial charge in [0.1, 0.15) is 5.54 Å². The first kappa shape index (κ1) is 16.5. The average Bonchev–Trinajstić information content (AvgIpc) is 3.17. The van der Waals surface area contributed by atoms with Gasteiger partial charge in [0.2, 0.25) is 0 Å². The maximum Gasteiger partial charge on any atom is 0.114 e. The Morgan fingerprint density at radius 2 is 1.88 bits per heavy atom. The molecule has 0 aromatic carbocycles. The highest BCUT2D eigenvalue weighted by molar-refractivity contribution is 7.10. The summed E-state index contributed by atoms with van der Waals surface area (Å²) in [6.07, 6.45) is 8.73. The lowest BCUT2D eigenvalue weighted by atomic mass is 9.61. The van der Waals surface area contributed by atoms with Gasteiger partial charge in [0.15, 0.2) is 0 Å². The van der Waals surface area contributed by atoms with Gasteiger partial charge < -0.3 is 0 Å². The number of allylic oxidation sites excluding steroid dienone is 3. The largest absolute Gasteiger partial charge is 0.280 e. The maximum absolute atomic E-state index is 5.09. The molecule has 0 N–H and O–H groups in total. The predicted molar refractivity (Wildman–Crippen MR) is 106 cm³/mol. The highest BCUT2D eigenvalue weighted by Gasteiger charge is 2.49. The molecule has 1 aliphatic carbocycles. The summed E-state index contributed by atoms with van der Waals surface area (Å²) in [6, 6.07) is 10.5. The maximum atomic E-state index is 5.09. The van der Waals surface area contributed by atoms with Crippen molar-refractivity contribution in [1.29, 1.82) is 0 Å². The molecular formula is C22H24N2S. The Hall–Kier alpha value is -2.00. The Labute approximate surface area is 154 Å². The zero-order valence-electron chi connectivity index (χ0n) is 15.2. The van der Waals surface area contributed by atoms with Gasteiger partial charge in [0.05, 0.1) is 11.1 Å². The van der Waals surface area contributed by atoms with E-state index in [9.17, 15) is 0 Å². The summed E-state index contributed by atoms with van der Waals surface area (Å²) in [5.41, 5.74) is 3.43. The van der Waals surface area contributed by atoms with Gasteiger partial charge in [-0.3, -0.25) is 9.98 Å². The van der Waals surface area contributed by atoms with Crippen LogP contribution in [0.4, 0.5) is 0 Å². The molecular weight excluding hydrogens is 324 g/mol. The molecule has 4 atom stereocenters.